The minimum atomic E-state index is -0.591. The van der Waals surface area contributed by atoms with Crippen LogP contribution in [0.25, 0.3) is 0 Å². The van der Waals surface area contributed by atoms with Crippen LogP contribution in [0, 0.1) is 5.82 Å². The summed E-state index contributed by atoms with van der Waals surface area (Å²) >= 11 is 6.10. The number of carbonyl (C=O) groups is 1. The summed E-state index contributed by atoms with van der Waals surface area (Å²) in [6, 6.07) is 9.09. The standard InChI is InChI=1S/C23H22ClFN4O4/c1-4-32-22(30)20-13(2)28-23-26-12-27-29(23)21(20)14-8-9-18(19(10-14)31-3)33-11-15-16(24)6-5-7-17(15)25/h5-10,12,21H,4,11H2,1-3H3,(H,26,27,28). The molecule has 172 valence electrons. The summed E-state index contributed by atoms with van der Waals surface area (Å²) in [5.41, 5.74) is 1.98. The second kappa shape index (κ2) is 9.50. The molecule has 8 nitrogen and oxygen atoms in total. The third-order valence-electron chi connectivity index (χ3n) is 5.23. The van der Waals surface area contributed by atoms with Crippen molar-refractivity contribution in [1.82, 2.24) is 14.8 Å². The molecule has 0 amide bonds. The first-order valence-electron chi connectivity index (χ1n) is 10.2. The molecule has 4 rings (SSSR count). The Bertz CT molecular complexity index is 1210. The van der Waals surface area contributed by atoms with E-state index < -0.39 is 17.8 Å². The number of hydrogen-bond donors (Lipinski definition) is 1. The number of aromatic nitrogens is 3. The molecule has 0 aliphatic carbocycles. The van der Waals surface area contributed by atoms with Crippen LogP contribution in [0.2, 0.25) is 5.02 Å². The van der Waals surface area contributed by atoms with Gasteiger partial charge in [0.1, 0.15) is 24.8 Å². The number of methoxy groups -OCH3 is 1. The molecular formula is C23H22ClFN4O4. The van der Waals surface area contributed by atoms with Crippen molar-refractivity contribution in [2.24, 2.45) is 0 Å². The van der Waals surface area contributed by atoms with Crippen LogP contribution < -0.4 is 14.8 Å². The summed E-state index contributed by atoms with van der Waals surface area (Å²) in [4.78, 5) is 17.0. The van der Waals surface area contributed by atoms with Crippen molar-refractivity contribution in [2.75, 3.05) is 19.0 Å². The maximum Gasteiger partial charge on any atom is 0.338 e. The number of hydrogen-bond acceptors (Lipinski definition) is 7. The van der Waals surface area contributed by atoms with Gasteiger partial charge in [0.05, 0.1) is 24.3 Å². The molecule has 0 spiro atoms. The number of esters is 1. The summed E-state index contributed by atoms with van der Waals surface area (Å²) in [5.74, 6) is 0.389. The molecule has 0 radical (unpaired) electrons. The summed E-state index contributed by atoms with van der Waals surface area (Å²) in [6.07, 6.45) is 1.41. The van der Waals surface area contributed by atoms with Crippen LogP contribution in [0.4, 0.5) is 10.3 Å². The number of allylic oxidation sites excluding steroid dienone is 1. The Hall–Kier alpha value is -3.59. The first-order valence-corrected chi connectivity index (χ1v) is 10.6. The zero-order chi connectivity index (χ0) is 23.5. The molecule has 1 aliphatic rings. The topological polar surface area (TPSA) is 87.5 Å². The molecule has 0 bridgehead atoms. The van der Waals surface area contributed by atoms with E-state index in [0.29, 0.717) is 34.3 Å². The predicted octanol–water partition coefficient (Wildman–Crippen LogP) is 4.51. The molecular weight excluding hydrogens is 451 g/mol. The van der Waals surface area contributed by atoms with Crippen molar-refractivity contribution >= 4 is 23.5 Å². The predicted molar refractivity (Wildman–Crippen MR) is 120 cm³/mol. The summed E-state index contributed by atoms with van der Waals surface area (Å²) < 4.78 is 32.3. The normalized spacial score (nSPS) is 15.0. The zero-order valence-electron chi connectivity index (χ0n) is 18.3. The number of carbonyl (C=O) groups excluding carboxylic acids is 1. The fraction of sp³-hybridized carbons (Fsp3) is 0.261. The van der Waals surface area contributed by atoms with Gasteiger partial charge in [-0.25, -0.2) is 13.9 Å². The molecule has 1 aromatic heterocycles. The number of halogens is 2. The third-order valence-corrected chi connectivity index (χ3v) is 5.58. The van der Waals surface area contributed by atoms with Gasteiger partial charge < -0.3 is 19.5 Å². The van der Waals surface area contributed by atoms with E-state index in [-0.39, 0.29) is 23.8 Å². The highest BCUT2D eigenvalue weighted by molar-refractivity contribution is 6.31. The van der Waals surface area contributed by atoms with Gasteiger partial charge in [0.15, 0.2) is 11.5 Å². The highest BCUT2D eigenvalue weighted by Gasteiger charge is 2.34. The Balaban J connectivity index is 1.69. The second-order valence-corrected chi connectivity index (χ2v) is 7.62. The van der Waals surface area contributed by atoms with E-state index in [2.05, 4.69) is 15.4 Å². The molecule has 0 fully saturated rings. The molecule has 1 atom stereocenters. The largest absolute Gasteiger partial charge is 0.493 e. The third kappa shape index (κ3) is 4.36. The number of fused-ring (bicyclic) bond motifs is 1. The Kier molecular flexibility index (Phi) is 6.50. The summed E-state index contributed by atoms with van der Waals surface area (Å²) in [6.45, 7) is 3.69. The van der Waals surface area contributed by atoms with Crippen LogP contribution >= 0.6 is 11.6 Å². The van der Waals surface area contributed by atoms with E-state index in [0.717, 1.165) is 0 Å². The lowest BCUT2D eigenvalue weighted by Crippen LogP contribution is -2.29. The fourth-order valence-electron chi connectivity index (χ4n) is 3.67. The van der Waals surface area contributed by atoms with E-state index in [9.17, 15) is 9.18 Å². The lowest BCUT2D eigenvalue weighted by atomic mass is 9.95. The number of nitrogens with one attached hydrogen (secondary N) is 1. The maximum absolute atomic E-state index is 14.1. The number of anilines is 1. The lowest BCUT2D eigenvalue weighted by Gasteiger charge is -2.28. The number of ether oxygens (including phenoxy) is 3. The van der Waals surface area contributed by atoms with Gasteiger partial charge in [0.2, 0.25) is 5.95 Å². The van der Waals surface area contributed by atoms with Crippen LogP contribution in [-0.2, 0) is 16.1 Å². The van der Waals surface area contributed by atoms with Crippen LogP contribution in [0.3, 0.4) is 0 Å². The van der Waals surface area contributed by atoms with Gasteiger partial charge in [0, 0.05) is 11.3 Å². The molecule has 10 heteroatoms. The number of nitrogens with zero attached hydrogens (tertiary/aromatic N) is 3. The SMILES string of the molecule is CCOC(=O)C1=C(C)Nc2ncnn2C1c1ccc(OCc2c(F)cccc2Cl)c(OC)c1. The molecule has 1 aliphatic heterocycles. The molecule has 1 N–H and O–H groups in total. The van der Waals surface area contributed by atoms with Crippen LogP contribution in [0.15, 0.2) is 54.0 Å². The Labute approximate surface area is 194 Å². The highest BCUT2D eigenvalue weighted by Crippen LogP contribution is 2.39. The van der Waals surface area contributed by atoms with Crippen molar-refractivity contribution in [1.29, 1.82) is 0 Å². The average molecular weight is 473 g/mol. The van der Waals surface area contributed by atoms with Crippen LogP contribution in [0.5, 0.6) is 11.5 Å². The molecule has 3 aromatic rings. The minimum Gasteiger partial charge on any atom is -0.493 e. The van der Waals surface area contributed by atoms with Gasteiger partial charge in [-0.2, -0.15) is 10.1 Å². The van der Waals surface area contributed by atoms with Gasteiger partial charge >= 0.3 is 5.97 Å². The molecule has 0 saturated carbocycles. The fourth-order valence-corrected chi connectivity index (χ4v) is 3.88. The monoisotopic (exact) mass is 472 g/mol. The van der Waals surface area contributed by atoms with E-state index in [1.165, 1.54) is 25.6 Å². The molecule has 33 heavy (non-hydrogen) atoms. The van der Waals surface area contributed by atoms with Crippen molar-refractivity contribution < 1.29 is 23.4 Å². The average Bonchev–Trinajstić information content (AvgIpc) is 3.26. The quantitative estimate of drug-likeness (QED) is 0.506. The Morgan fingerprint density at radius 1 is 1.27 bits per heavy atom. The second-order valence-electron chi connectivity index (χ2n) is 7.21. The first-order chi connectivity index (χ1) is 15.9. The Morgan fingerprint density at radius 3 is 2.82 bits per heavy atom. The summed E-state index contributed by atoms with van der Waals surface area (Å²) in [5, 5.41) is 7.65. The number of benzene rings is 2. The highest BCUT2D eigenvalue weighted by atomic mass is 35.5. The number of rotatable bonds is 7. The lowest BCUT2D eigenvalue weighted by molar-refractivity contribution is -0.139. The van der Waals surface area contributed by atoms with Crippen LogP contribution in [-0.4, -0.2) is 34.5 Å². The van der Waals surface area contributed by atoms with E-state index >= 15 is 0 Å². The van der Waals surface area contributed by atoms with Gasteiger partial charge in [-0.3, -0.25) is 0 Å². The van der Waals surface area contributed by atoms with Crippen molar-refractivity contribution in [3.63, 3.8) is 0 Å². The van der Waals surface area contributed by atoms with Gasteiger partial charge in [-0.1, -0.05) is 23.7 Å². The zero-order valence-corrected chi connectivity index (χ0v) is 19.0. The first kappa shape index (κ1) is 22.6. The van der Waals surface area contributed by atoms with Crippen molar-refractivity contribution in [3.8, 4) is 11.5 Å². The molecule has 0 saturated heterocycles. The smallest absolute Gasteiger partial charge is 0.338 e. The molecule has 1 unspecified atom stereocenters. The van der Waals surface area contributed by atoms with Crippen molar-refractivity contribution in [2.45, 2.75) is 26.5 Å². The van der Waals surface area contributed by atoms with Gasteiger partial charge in [-0.15, -0.1) is 0 Å². The van der Waals surface area contributed by atoms with Gasteiger partial charge in [-0.05, 0) is 43.7 Å². The minimum absolute atomic E-state index is 0.0745. The molecule has 2 aromatic carbocycles. The Morgan fingerprint density at radius 2 is 2.09 bits per heavy atom. The summed E-state index contributed by atoms with van der Waals surface area (Å²) in [7, 11) is 1.50. The molecule has 2 heterocycles. The van der Waals surface area contributed by atoms with E-state index in [1.807, 2.05) is 0 Å². The van der Waals surface area contributed by atoms with E-state index in [4.69, 9.17) is 25.8 Å². The van der Waals surface area contributed by atoms with Crippen LogP contribution in [0.1, 0.15) is 31.0 Å². The van der Waals surface area contributed by atoms with Crippen molar-refractivity contribution in [3.05, 3.63) is 76.0 Å². The van der Waals surface area contributed by atoms with E-state index in [1.54, 1.807) is 42.8 Å². The maximum atomic E-state index is 14.1. The van der Waals surface area contributed by atoms with Gasteiger partial charge in [0.25, 0.3) is 0 Å².